The number of hydrogen-bond acceptors (Lipinski definition) is 3. The van der Waals surface area contributed by atoms with Crippen LogP contribution in [0, 0.1) is 6.92 Å². The second kappa shape index (κ2) is 2.44. The maximum Gasteiger partial charge on any atom is 0.151 e. The van der Waals surface area contributed by atoms with Crippen LogP contribution in [0.2, 0.25) is 0 Å². The standard InChI is InChI=1S/C6H9N3/c1-5-3-4-8-9-6(5)7-2/h3-4H,1-2H3,(H,7,9). The molecule has 0 amide bonds. The quantitative estimate of drug-likeness (QED) is 0.601. The molecule has 0 fully saturated rings. The molecule has 48 valence electrons. The minimum Gasteiger partial charge on any atom is -0.371 e. The molecule has 0 aromatic carbocycles. The van der Waals surface area contributed by atoms with Crippen LogP contribution in [0.15, 0.2) is 12.3 Å². The van der Waals surface area contributed by atoms with Gasteiger partial charge >= 0.3 is 0 Å². The Balaban J connectivity index is 3.01. The van der Waals surface area contributed by atoms with Gasteiger partial charge < -0.3 is 5.32 Å². The Labute approximate surface area is 54.1 Å². The summed E-state index contributed by atoms with van der Waals surface area (Å²) in [6.07, 6.45) is 1.68. The first-order valence-corrected chi connectivity index (χ1v) is 2.80. The number of anilines is 1. The van der Waals surface area contributed by atoms with Crippen LogP contribution in [0.1, 0.15) is 5.56 Å². The lowest BCUT2D eigenvalue weighted by Gasteiger charge is -1.98. The van der Waals surface area contributed by atoms with Gasteiger partial charge in [-0.05, 0) is 18.6 Å². The van der Waals surface area contributed by atoms with Gasteiger partial charge in [-0.3, -0.25) is 0 Å². The molecule has 0 aliphatic carbocycles. The highest BCUT2D eigenvalue weighted by molar-refractivity contribution is 5.39. The van der Waals surface area contributed by atoms with Crippen molar-refractivity contribution in [1.29, 1.82) is 0 Å². The van der Waals surface area contributed by atoms with Crippen LogP contribution in [0.4, 0.5) is 5.82 Å². The summed E-state index contributed by atoms with van der Waals surface area (Å²) in [7, 11) is 1.83. The smallest absolute Gasteiger partial charge is 0.151 e. The fourth-order valence-electron chi connectivity index (χ4n) is 0.641. The van der Waals surface area contributed by atoms with Crippen LogP contribution in [0.3, 0.4) is 0 Å². The highest BCUT2D eigenvalue weighted by Gasteiger charge is 1.91. The Bertz CT molecular complexity index is 197. The van der Waals surface area contributed by atoms with Crippen molar-refractivity contribution in [3.05, 3.63) is 17.8 Å². The van der Waals surface area contributed by atoms with E-state index in [1.807, 2.05) is 20.0 Å². The lowest BCUT2D eigenvalue weighted by Crippen LogP contribution is -1.95. The third kappa shape index (κ3) is 1.16. The van der Waals surface area contributed by atoms with Gasteiger partial charge in [0.15, 0.2) is 5.82 Å². The molecule has 0 aliphatic heterocycles. The maximum atomic E-state index is 3.84. The SMILES string of the molecule is CNc1nnccc1C. The van der Waals surface area contributed by atoms with E-state index in [0.29, 0.717) is 0 Å². The first-order chi connectivity index (χ1) is 4.34. The fraction of sp³-hybridized carbons (Fsp3) is 0.333. The molecule has 0 saturated heterocycles. The van der Waals surface area contributed by atoms with Crippen molar-refractivity contribution in [3.63, 3.8) is 0 Å². The molecule has 3 heteroatoms. The zero-order valence-corrected chi connectivity index (χ0v) is 5.55. The van der Waals surface area contributed by atoms with E-state index in [2.05, 4.69) is 15.5 Å². The average Bonchev–Trinajstić information content (AvgIpc) is 1.89. The van der Waals surface area contributed by atoms with Gasteiger partial charge in [-0.15, -0.1) is 5.10 Å². The van der Waals surface area contributed by atoms with E-state index in [1.54, 1.807) is 6.20 Å². The van der Waals surface area contributed by atoms with Gasteiger partial charge in [-0.25, -0.2) is 0 Å². The molecule has 0 spiro atoms. The van der Waals surface area contributed by atoms with Crippen molar-refractivity contribution in [2.75, 3.05) is 12.4 Å². The molecule has 9 heavy (non-hydrogen) atoms. The number of aromatic nitrogens is 2. The van der Waals surface area contributed by atoms with E-state index in [-0.39, 0.29) is 0 Å². The van der Waals surface area contributed by atoms with Crippen LogP contribution in [0.25, 0.3) is 0 Å². The van der Waals surface area contributed by atoms with Crippen molar-refractivity contribution in [3.8, 4) is 0 Å². The molecule has 1 heterocycles. The summed E-state index contributed by atoms with van der Waals surface area (Å²) in [4.78, 5) is 0. The lowest BCUT2D eigenvalue weighted by atomic mass is 10.3. The van der Waals surface area contributed by atoms with E-state index < -0.39 is 0 Å². The normalized spacial score (nSPS) is 9.11. The third-order valence-corrected chi connectivity index (χ3v) is 1.16. The van der Waals surface area contributed by atoms with Gasteiger partial charge in [-0.1, -0.05) is 0 Å². The predicted molar refractivity (Wildman–Crippen MR) is 36.3 cm³/mol. The third-order valence-electron chi connectivity index (χ3n) is 1.16. The predicted octanol–water partition coefficient (Wildman–Crippen LogP) is 0.827. The summed E-state index contributed by atoms with van der Waals surface area (Å²) < 4.78 is 0. The Morgan fingerprint density at radius 3 is 2.78 bits per heavy atom. The first-order valence-electron chi connectivity index (χ1n) is 2.80. The fourth-order valence-corrected chi connectivity index (χ4v) is 0.641. The van der Waals surface area contributed by atoms with E-state index >= 15 is 0 Å². The van der Waals surface area contributed by atoms with Crippen molar-refractivity contribution in [2.45, 2.75) is 6.92 Å². The maximum absolute atomic E-state index is 3.84. The molecular weight excluding hydrogens is 114 g/mol. The van der Waals surface area contributed by atoms with Gasteiger partial charge in [0.25, 0.3) is 0 Å². The van der Waals surface area contributed by atoms with Crippen molar-refractivity contribution < 1.29 is 0 Å². The van der Waals surface area contributed by atoms with Crippen molar-refractivity contribution >= 4 is 5.82 Å². The van der Waals surface area contributed by atoms with Crippen LogP contribution in [-0.4, -0.2) is 17.2 Å². The zero-order valence-electron chi connectivity index (χ0n) is 5.55. The second-order valence-corrected chi connectivity index (χ2v) is 1.81. The molecule has 1 N–H and O–H groups in total. The average molecular weight is 123 g/mol. The highest BCUT2D eigenvalue weighted by Crippen LogP contribution is 2.04. The topological polar surface area (TPSA) is 37.8 Å². The van der Waals surface area contributed by atoms with Gasteiger partial charge in [0.1, 0.15) is 0 Å². The van der Waals surface area contributed by atoms with Crippen LogP contribution in [-0.2, 0) is 0 Å². The molecule has 0 aliphatic rings. The van der Waals surface area contributed by atoms with E-state index in [1.165, 1.54) is 0 Å². The Morgan fingerprint density at radius 2 is 2.33 bits per heavy atom. The van der Waals surface area contributed by atoms with E-state index in [4.69, 9.17) is 0 Å². The van der Waals surface area contributed by atoms with Gasteiger partial charge in [0, 0.05) is 7.05 Å². The summed E-state index contributed by atoms with van der Waals surface area (Å²) >= 11 is 0. The highest BCUT2D eigenvalue weighted by atomic mass is 15.2. The Morgan fingerprint density at radius 1 is 1.56 bits per heavy atom. The Kier molecular flexibility index (Phi) is 1.63. The largest absolute Gasteiger partial charge is 0.371 e. The van der Waals surface area contributed by atoms with Crippen molar-refractivity contribution in [2.24, 2.45) is 0 Å². The Hall–Kier alpha value is -1.12. The molecular formula is C6H9N3. The number of nitrogens with one attached hydrogen (secondary N) is 1. The van der Waals surface area contributed by atoms with Gasteiger partial charge in [-0.2, -0.15) is 5.10 Å². The molecule has 0 saturated carbocycles. The summed E-state index contributed by atoms with van der Waals surface area (Å²) in [6.45, 7) is 1.99. The molecule has 1 aromatic rings. The summed E-state index contributed by atoms with van der Waals surface area (Å²) in [5.74, 6) is 0.845. The molecule has 1 aromatic heterocycles. The van der Waals surface area contributed by atoms with Crippen LogP contribution >= 0.6 is 0 Å². The minimum absolute atomic E-state index is 0.845. The molecule has 1 rings (SSSR count). The monoisotopic (exact) mass is 123 g/mol. The van der Waals surface area contributed by atoms with Gasteiger partial charge in [0.2, 0.25) is 0 Å². The van der Waals surface area contributed by atoms with Crippen molar-refractivity contribution in [1.82, 2.24) is 10.2 Å². The minimum atomic E-state index is 0.845. The molecule has 0 atom stereocenters. The first kappa shape index (κ1) is 6.01. The van der Waals surface area contributed by atoms with E-state index in [9.17, 15) is 0 Å². The summed E-state index contributed by atoms with van der Waals surface area (Å²) in [6, 6.07) is 1.92. The number of hydrogen-bond donors (Lipinski definition) is 1. The van der Waals surface area contributed by atoms with Gasteiger partial charge in [0.05, 0.1) is 6.20 Å². The number of rotatable bonds is 1. The van der Waals surface area contributed by atoms with Crippen LogP contribution < -0.4 is 5.32 Å². The number of aryl methyl sites for hydroxylation is 1. The molecule has 0 radical (unpaired) electrons. The molecule has 3 nitrogen and oxygen atoms in total. The second-order valence-electron chi connectivity index (χ2n) is 1.81. The molecule has 0 unspecified atom stereocenters. The van der Waals surface area contributed by atoms with Crippen LogP contribution in [0.5, 0.6) is 0 Å². The lowest BCUT2D eigenvalue weighted by molar-refractivity contribution is 1.02. The number of nitrogens with zero attached hydrogens (tertiary/aromatic N) is 2. The molecule has 0 bridgehead atoms. The summed E-state index contributed by atoms with van der Waals surface area (Å²) in [5, 5.41) is 10.5. The van der Waals surface area contributed by atoms with E-state index in [0.717, 1.165) is 11.4 Å². The zero-order chi connectivity index (χ0) is 6.69. The summed E-state index contributed by atoms with van der Waals surface area (Å²) in [5.41, 5.74) is 1.12.